The highest BCUT2D eigenvalue weighted by Crippen LogP contribution is 2.35. The van der Waals surface area contributed by atoms with Crippen molar-refractivity contribution < 1.29 is 13.9 Å². The first kappa shape index (κ1) is 17.8. The van der Waals surface area contributed by atoms with Gasteiger partial charge in [0.25, 0.3) is 0 Å². The Morgan fingerprint density at radius 2 is 2.20 bits per heavy atom. The summed E-state index contributed by atoms with van der Waals surface area (Å²) >= 11 is 12.9. The van der Waals surface area contributed by atoms with Gasteiger partial charge in [0.05, 0.1) is 23.7 Å². The van der Waals surface area contributed by atoms with Crippen LogP contribution in [0.15, 0.2) is 46.3 Å². The van der Waals surface area contributed by atoms with E-state index in [0.717, 1.165) is 5.56 Å². The molecule has 1 aliphatic rings. The molecule has 0 saturated heterocycles. The van der Waals surface area contributed by atoms with Crippen molar-refractivity contribution in [3.8, 4) is 0 Å². The van der Waals surface area contributed by atoms with Crippen LogP contribution >= 0.6 is 35.2 Å². The van der Waals surface area contributed by atoms with Gasteiger partial charge in [-0.05, 0) is 59.7 Å². The number of thiocarbonyl (C=S) groups is 1. The Morgan fingerprint density at radius 3 is 2.80 bits per heavy atom. The van der Waals surface area contributed by atoms with Crippen molar-refractivity contribution >= 4 is 51.9 Å². The fraction of sp³-hybridized carbons (Fsp3) is 0.176. The van der Waals surface area contributed by atoms with Crippen molar-refractivity contribution in [3.05, 3.63) is 62.7 Å². The molecule has 1 N–H and O–H groups in total. The third kappa shape index (κ3) is 3.27. The SMILES string of the molecule is COC(=O)C1=C(C)N(c2ccc(F)c(Cl)c2)C(=S)NC1c1ccsc1. The molecule has 1 aliphatic heterocycles. The Labute approximate surface area is 158 Å². The predicted octanol–water partition coefficient (Wildman–Crippen LogP) is 4.42. The quantitative estimate of drug-likeness (QED) is 0.614. The number of anilines is 1. The minimum absolute atomic E-state index is 0.0207. The van der Waals surface area contributed by atoms with Crippen LogP contribution in [-0.2, 0) is 9.53 Å². The van der Waals surface area contributed by atoms with Crippen molar-refractivity contribution in [2.45, 2.75) is 13.0 Å². The van der Waals surface area contributed by atoms with Crippen molar-refractivity contribution in [3.63, 3.8) is 0 Å². The largest absolute Gasteiger partial charge is 0.466 e. The van der Waals surface area contributed by atoms with Crippen molar-refractivity contribution in [2.75, 3.05) is 12.0 Å². The van der Waals surface area contributed by atoms with E-state index in [-0.39, 0.29) is 5.02 Å². The summed E-state index contributed by atoms with van der Waals surface area (Å²) in [5.74, 6) is -0.978. The van der Waals surface area contributed by atoms with Crippen LogP contribution in [0.25, 0.3) is 0 Å². The van der Waals surface area contributed by atoms with E-state index in [1.807, 2.05) is 16.8 Å². The fourth-order valence-electron chi connectivity index (χ4n) is 2.74. The molecule has 0 bridgehead atoms. The smallest absolute Gasteiger partial charge is 0.337 e. The summed E-state index contributed by atoms with van der Waals surface area (Å²) in [5, 5.41) is 7.41. The third-order valence-electron chi connectivity index (χ3n) is 3.93. The average Bonchev–Trinajstić information content (AvgIpc) is 3.11. The van der Waals surface area contributed by atoms with Crippen LogP contribution in [0.2, 0.25) is 5.02 Å². The predicted molar refractivity (Wildman–Crippen MR) is 101 cm³/mol. The van der Waals surface area contributed by atoms with E-state index >= 15 is 0 Å². The summed E-state index contributed by atoms with van der Waals surface area (Å²) in [6, 6.07) is 5.80. The summed E-state index contributed by atoms with van der Waals surface area (Å²) in [4.78, 5) is 14.1. The minimum atomic E-state index is -0.521. The Morgan fingerprint density at radius 1 is 1.44 bits per heavy atom. The highest BCUT2D eigenvalue weighted by molar-refractivity contribution is 7.80. The Bertz CT molecular complexity index is 868. The number of methoxy groups -OCH3 is 1. The van der Waals surface area contributed by atoms with Crippen molar-refractivity contribution in [1.29, 1.82) is 0 Å². The van der Waals surface area contributed by atoms with E-state index in [4.69, 9.17) is 28.6 Å². The molecule has 1 unspecified atom stereocenters. The number of nitrogens with one attached hydrogen (secondary N) is 1. The van der Waals surface area contributed by atoms with E-state index in [9.17, 15) is 9.18 Å². The topological polar surface area (TPSA) is 41.6 Å². The lowest BCUT2D eigenvalue weighted by Gasteiger charge is -2.37. The first-order valence-corrected chi connectivity index (χ1v) is 9.03. The molecule has 1 aromatic heterocycles. The second kappa shape index (κ2) is 7.11. The Balaban J connectivity index is 2.14. The van der Waals surface area contributed by atoms with Crippen LogP contribution in [0.3, 0.4) is 0 Å². The van der Waals surface area contributed by atoms with Gasteiger partial charge in [0.15, 0.2) is 5.11 Å². The molecule has 130 valence electrons. The van der Waals surface area contributed by atoms with Crippen LogP contribution in [0.4, 0.5) is 10.1 Å². The van der Waals surface area contributed by atoms with Crippen LogP contribution in [0.1, 0.15) is 18.5 Å². The second-order valence-corrected chi connectivity index (χ2v) is 6.94. The van der Waals surface area contributed by atoms with E-state index in [1.54, 1.807) is 17.9 Å². The van der Waals surface area contributed by atoms with Crippen molar-refractivity contribution in [1.82, 2.24) is 5.32 Å². The number of benzene rings is 1. The molecule has 0 spiro atoms. The normalized spacial score (nSPS) is 17.5. The summed E-state index contributed by atoms with van der Waals surface area (Å²) in [5.41, 5.74) is 2.53. The number of carbonyl (C=O) groups is 1. The molecule has 1 atom stereocenters. The standard InChI is InChI=1S/C17H14ClFN2O2S2/c1-9-14(16(22)23-2)15(10-5-6-25-8-10)20-17(24)21(9)11-3-4-13(19)12(18)7-11/h3-8,15H,1-2H3,(H,20,24). The number of esters is 1. The van der Waals surface area contributed by atoms with Gasteiger partial charge in [-0.3, -0.25) is 4.90 Å². The van der Waals surface area contributed by atoms with E-state index < -0.39 is 17.8 Å². The zero-order valence-corrected chi connectivity index (χ0v) is 15.8. The van der Waals surface area contributed by atoms with Gasteiger partial charge in [0.1, 0.15) is 5.82 Å². The number of nitrogens with zero attached hydrogens (tertiary/aromatic N) is 1. The summed E-state index contributed by atoms with van der Waals surface area (Å²) in [6.07, 6.45) is 0. The minimum Gasteiger partial charge on any atom is -0.466 e. The van der Waals surface area contributed by atoms with E-state index in [0.29, 0.717) is 22.1 Å². The number of carbonyl (C=O) groups excluding carboxylic acids is 1. The average molecular weight is 397 g/mol. The lowest BCUT2D eigenvalue weighted by atomic mass is 9.97. The van der Waals surface area contributed by atoms with Crippen LogP contribution in [-0.4, -0.2) is 18.2 Å². The van der Waals surface area contributed by atoms with Crippen LogP contribution < -0.4 is 10.2 Å². The van der Waals surface area contributed by atoms with Gasteiger partial charge in [-0.2, -0.15) is 11.3 Å². The van der Waals surface area contributed by atoms with Crippen molar-refractivity contribution in [2.24, 2.45) is 0 Å². The van der Waals surface area contributed by atoms with Gasteiger partial charge in [0.2, 0.25) is 0 Å². The number of rotatable bonds is 3. The second-order valence-electron chi connectivity index (χ2n) is 5.36. The fourth-order valence-corrected chi connectivity index (χ4v) is 3.96. The van der Waals surface area contributed by atoms with E-state index in [1.165, 1.54) is 30.6 Å². The molecule has 0 aliphatic carbocycles. The summed E-state index contributed by atoms with van der Waals surface area (Å²) in [6.45, 7) is 1.77. The number of ether oxygens (including phenoxy) is 1. The van der Waals surface area contributed by atoms with Gasteiger partial charge in [-0.15, -0.1) is 0 Å². The van der Waals surface area contributed by atoms with Crippen LogP contribution in [0.5, 0.6) is 0 Å². The first-order valence-electron chi connectivity index (χ1n) is 7.31. The molecule has 0 saturated carbocycles. The molecule has 2 heterocycles. The molecule has 25 heavy (non-hydrogen) atoms. The maximum absolute atomic E-state index is 13.5. The zero-order chi connectivity index (χ0) is 18.1. The third-order valence-corrected chi connectivity index (χ3v) is 5.22. The highest BCUT2D eigenvalue weighted by Gasteiger charge is 2.35. The summed E-state index contributed by atoms with van der Waals surface area (Å²) < 4.78 is 18.4. The zero-order valence-electron chi connectivity index (χ0n) is 13.4. The number of thiophene rings is 1. The molecule has 0 radical (unpaired) electrons. The number of allylic oxidation sites excluding steroid dienone is 1. The van der Waals surface area contributed by atoms with Gasteiger partial charge in [0, 0.05) is 11.4 Å². The Hall–Kier alpha value is -1.96. The van der Waals surface area contributed by atoms with Gasteiger partial charge >= 0.3 is 5.97 Å². The molecular weight excluding hydrogens is 383 g/mol. The molecule has 0 amide bonds. The number of hydrogen-bond donors (Lipinski definition) is 1. The molecule has 4 nitrogen and oxygen atoms in total. The highest BCUT2D eigenvalue weighted by atomic mass is 35.5. The number of hydrogen-bond acceptors (Lipinski definition) is 4. The lowest BCUT2D eigenvalue weighted by molar-refractivity contribution is -0.136. The van der Waals surface area contributed by atoms with Crippen LogP contribution in [0, 0.1) is 5.82 Å². The molecule has 3 rings (SSSR count). The summed E-state index contributed by atoms with van der Waals surface area (Å²) in [7, 11) is 1.33. The monoisotopic (exact) mass is 396 g/mol. The van der Waals surface area contributed by atoms with E-state index in [2.05, 4.69) is 5.32 Å². The maximum atomic E-state index is 13.5. The molecule has 1 aromatic carbocycles. The number of halogens is 2. The molecule has 8 heteroatoms. The lowest BCUT2D eigenvalue weighted by Crippen LogP contribution is -2.48. The molecule has 0 fully saturated rings. The molecule has 2 aromatic rings. The van der Waals surface area contributed by atoms with Gasteiger partial charge in [-0.25, -0.2) is 9.18 Å². The maximum Gasteiger partial charge on any atom is 0.337 e. The Kier molecular flexibility index (Phi) is 5.08. The van der Waals surface area contributed by atoms with Gasteiger partial charge in [-0.1, -0.05) is 11.6 Å². The molecular formula is C17H14ClFN2O2S2. The van der Waals surface area contributed by atoms with Gasteiger partial charge < -0.3 is 10.1 Å². The first-order chi connectivity index (χ1) is 11.9.